The fourth-order valence-electron chi connectivity index (χ4n) is 3.11. The van der Waals surface area contributed by atoms with Crippen molar-refractivity contribution in [1.82, 2.24) is 14.9 Å². The summed E-state index contributed by atoms with van der Waals surface area (Å²) in [6.07, 6.45) is 7.02. The van der Waals surface area contributed by atoms with Gasteiger partial charge in [-0.25, -0.2) is 4.98 Å². The van der Waals surface area contributed by atoms with Crippen LogP contribution in [0.3, 0.4) is 0 Å². The second kappa shape index (κ2) is 7.96. The van der Waals surface area contributed by atoms with E-state index in [2.05, 4.69) is 9.97 Å². The maximum Gasteiger partial charge on any atom is 0.232 e. The summed E-state index contributed by atoms with van der Waals surface area (Å²) >= 11 is 0. The molecule has 2 heterocycles. The van der Waals surface area contributed by atoms with Crippen LogP contribution >= 0.6 is 0 Å². The normalized spacial score (nSPS) is 17.2. The van der Waals surface area contributed by atoms with Crippen LogP contribution < -0.4 is 9.47 Å². The van der Waals surface area contributed by atoms with E-state index in [0.29, 0.717) is 18.8 Å². The summed E-state index contributed by atoms with van der Waals surface area (Å²) in [6.45, 7) is 3.34. The SMILES string of the molecule is COc1ccc(CC(=O)N2CCCC(Oc3cnccn3)C2)cc1C. The van der Waals surface area contributed by atoms with Crippen molar-refractivity contribution >= 4 is 5.91 Å². The average Bonchev–Trinajstić information content (AvgIpc) is 2.63. The van der Waals surface area contributed by atoms with Crippen LogP contribution in [-0.2, 0) is 11.2 Å². The van der Waals surface area contributed by atoms with Crippen LogP contribution in [0, 0.1) is 6.92 Å². The van der Waals surface area contributed by atoms with E-state index in [1.807, 2.05) is 30.0 Å². The summed E-state index contributed by atoms with van der Waals surface area (Å²) in [6, 6.07) is 5.86. The summed E-state index contributed by atoms with van der Waals surface area (Å²) in [7, 11) is 1.65. The maximum atomic E-state index is 12.6. The highest BCUT2D eigenvalue weighted by Gasteiger charge is 2.25. The highest BCUT2D eigenvalue weighted by Crippen LogP contribution is 2.20. The van der Waals surface area contributed by atoms with Gasteiger partial charge >= 0.3 is 0 Å². The summed E-state index contributed by atoms with van der Waals surface area (Å²) in [5, 5.41) is 0. The lowest BCUT2D eigenvalue weighted by Crippen LogP contribution is -2.45. The minimum Gasteiger partial charge on any atom is -0.496 e. The van der Waals surface area contributed by atoms with Crippen molar-refractivity contribution in [1.29, 1.82) is 0 Å². The second-order valence-electron chi connectivity index (χ2n) is 6.25. The number of aromatic nitrogens is 2. The van der Waals surface area contributed by atoms with E-state index in [1.54, 1.807) is 25.7 Å². The lowest BCUT2D eigenvalue weighted by molar-refractivity contribution is -0.133. The smallest absolute Gasteiger partial charge is 0.232 e. The third-order valence-corrected chi connectivity index (χ3v) is 4.37. The molecular formula is C19H23N3O3. The zero-order chi connectivity index (χ0) is 17.6. The number of hydrogen-bond acceptors (Lipinski definition) is 5. The Morgan fingerprint density at radius 3 is 2.96 bits per heavy atom. The number of hydrogen-bond donors (Lipinski definition) is 0. The Bertz CT molecular complexity index is 721. The molecule has 25 heavy (non-hydrogen) atoms. The number of likely N-dealkylation sites (tertiary alicyclic amines) is 1. The van der Waals surface area contributed by atoms with E-state index in [1.165, 1.54) is 0 Å². The van der Waals surface area contributed by atoms with Crippen LogP contribution in [0.1, 0.15) is 24.0 Å². The van der Waals surface area contributed by atoms with Gasteiger partial charge in [0, 0.05) is 18.9 Å². The molecule has 1 atom stereocenters. The lowest BCUT2D eigenvalue weighted by Gasteiger charge is -2.32. The Balaban J connectivity index is 1.59. The monoisotopic (exact) mass is 341 g/mol. The van der Waals surface area contributed by atoms with Gasteiger partial charge < -0.3 is 14.4 Å². The Hall–Kier alpha value is -2.63. The number of piperidine rings is 1. The quantitative estimate of drug-likeness (QED) is 0.836. The molecule has 1 aliphatic heterocycles. The van der Waals surface area contributed by atoms with Crippen molar-refractivity contribution in [2.45, 2.75) is 32.3 Å². The summed E-state index contributed by atoms with van der Waals surface area (Å²) in [4.78, 5) is 22.7. The van der Waals surface area contributed by atoms with E-state index in [0.717, 1.165) is 36.3 Å². The van der Waals surface area contributed by atoms with Gasteiger partial charge in [-0.05, 0) is 37.0 Å². The third kappa shape index (κ3) is 4.47. The molecule has 0 radical (unpaired) electrons. The molecule has 0 spiro atoms. The van der Waals surface area contributed by atoms with Gasteiger partial charge in [-0.3, -0.25) is 9.78 Å². The molecule has 1 aromatic heterocycles. The van der Waals surface area contributed by atoms with Crippen molar-refractivity contribution in [2.24, 2.45) is 0 Å². The van der Waals surface area contributed by atoms with E-state index in [9.17, 15) is 4.79 Å². The van der Waals surface area contributed by atoms with Crippen LogP contribution in [0.15, 0.2) is 36.8 Å². The summed E-state index contributed by atoms with van der Waals surface area (Å²) < 4.78 is 11.1. The van der Waals surface area contributed by atoms with Crippen molar-refractivity contribution in [2.75, 3.05) is 20.2 Å². The molecular weight excluding hydrogens is 318 g/mol. The second-order valence-corrected chi connectivity index (χ2v) is 6.25. The molecule has 1 unspecified atom stereocenters. The van der Waals surface area contributed by atoms with Gasteiger partial charge in [-0.1, -0.05) is 12.1 Å². The first kappa shape index (κ1) is 17.2. The topological polar surface area (TPSA) is 64.5 Å². The van der Waals surface area contributed by atoms with E-state index in [4.69, 9.17) is 9.47 Å². The van der Waals surface area contributed by atoms with Crippen LogP contribution in [0.5, 0.6) is 11.6 Å². The Morgan fingerprint density at radius 1 is 1.36 bits per heavy atom. The molecule has 132 valence electrons. The zero-order valence-corrected chi connectivity index (χ0v) is 14.6. The molecule has 3 rings (SSSR count). The fourth-order valence-corrected chi connectivity index (χ4v) is 3.11. The van der Waals surface area contributed by atoms with E-state index in [-0.39, 0.29) is 12.0 Å². The van der Waals surface area contributed by atoms with Gasteiger partial charge in [0.05, 0.1) is 26.3 Å². The van der Waals surface area contributed by atoms with Crippen LogP contribution in [-0.4, -0.2) is 47.1 Å². The first-order valence-corrected chi connectivity index (χ1v) is 8.49. The van der Waals surface area contributed by atoms with Crippen LogP contribution in [0.2, 0.25) is 0 Å². The fraction of sp³-hybridized carbons (Fsp3) is 0.421. The standard InChI is InChI=1S/C19H23N3O3/c1-14-10-15(5-6-17(14)24-2)11-19(23)22-9-3-4-16(13-22)25-18-12-20-7-8-21-18/h5-8,10,12,16H,3-4,9,11,13H2,1-2H3. The van der Waals surface area contributed by atoms with Crippen LogP contribution in [0.4, 0.5) is 0 Å². The largest absolute Gasteiger partial charge is 0.496 e. The molecule has 2 aromatic rings. The lowest BCUT2D eigenvalue weighted by atomic mass is 10.0. The molecule has 6 nitrogen and oxygen atoms in total. The summed E-state index contributed by atoms with van der Waals surface area (Å²) in [5.41, 5.74) is 2.04. The first-order chi connectivity index (χ1) is 12.2. The van der Waals surface area contributed by atoms with Gasteiger partial charge in [0.15, 0.2) is 0 Å². The number of benzene rings is 1. The minimum atomic E-state index is -0.0352. The Kier molecular flexibility index (Phi) is 5.48. The third-order valence-electron chi connectivity index (χ3n) is 4.37. The maximum absolute atomic E-state index is 12.6. The van der Waals surface area contributed by atoms with Crippen molar-refractivity contribution in [3.8, 4) is 11.6 Å². The molecule has 0 bridgehead atoms. The number of methoxy groups -OCH3 is 1. The number of carbonyl (C=O) groups is 1. The van der Waals surface area contributed by atoms with E-state index >= 15 is 0 Å². The van der Waals surface area contributed by atoms with Gasteiger partial charge in [0.1, 0.15) is 11.9 Å². The molecule has 1 aliphatic rings. The van der Waals surface area contributed by atoms with Gasteiger partial charge in [0.2, 0.25) is 11.8 Å². The number of amides is 1. The predicted octanol–water partition coefficient (Wildman–Crippen LogP) is 2.41. The molecule has 6 heteroatoms. The number of aryl methyl sites for hydroxylation is 1. The minimum absolute atomic E-state index is 0.0352. The van der Waals surface area contributed by atoms with Crippen molar-refractivity contribution in [3.05, 3.63) is 47.9 Å². The van der Waals surface area contributed by atoms with Crippen molar-refractivity contribution < 1.29 is 14.3 Å². The highest BCUT2D eigenvalue weighted by atomic mass is 16.5. The average molecular weight is 341 g/mol. The number of nitrogens with zero attached hydrogens (tertiary/aromatic N) is 3. The van der Waals surface area contributed by atoms with Crippen molar-refractivity contribution in [3.63, 3.8) is 0 Å². The number of ether oxygens (including phenoxy) is 2. The van der Waals surface area contributed by atoms with Gasteiger partial charge in [0.25, 0.3) is 0 Å². The molecule has 1 aromatic carbocycles. The molecule has 1 fully saturated rings. The van der Waals surface area contributed by atoms with Gasteiger partial charge in [-0.2, -0.15) is 0 Å². The molecule has 1 saturated heterocycles. The number of rotatable bonds is 5. The van der Waals surface area contributed by atoms with Gasteiger partial charge in [-0.15, -0.1) is 0 Å². The first-order valence-electron chi connectivity index (χ1n) is 8.49. The van der Waals surface area contributed by atoms with Crippen LogP contribution in [0.25, 0.3) is 0 Å². The highest BCUT2D eigenvalue weighted by molar-refractivity contribution is 5.79. The molecule has 0 saturated carbocycles. The van der Waals surface area contributed by atoms with E-state index < -0.39 is 0 Å². The zero-order valence-electron chi connectivity index (χ0n) is 14.6. The Labute approximate surface area is 147 Å². The Morgan fingerprint density at radius 2 is 2.24 bits per heavy atom. The molecule has 1 amide bonds. The predicted molar refractivity (Wildman–Crippen MR) is 93.7 cm³/mol. The molecule has 0 aliphatic carbocycles. The summed E-state index contributed by atoms with van der Waals surface area (Å²) in [5.74, 6) is 1.47. The number of carbonyl (C=O) groups excluding carboxylic acids is 1. The molecule has 0 N–H and O–H groups in total.